The number of nitrogens with zero attached hydrogens (tertiary/aromatic N) is 5. The number of pyridine rings is 1. The summed E-state index contributed by atoms with van der Waals surface area (Å²) >= 11 is 3.46. The quantitative estimate of drug-likeness (QED) is 0.311. The van der Waals surface area contributed by atoms with Crippen molar-refractivity contribution >= 4 is 50.0 Å². The standard InChI is InChI=1S/C28H24BrFN6O2/c1-34-23-14-19(4-8-22(23)26(29)33-34)28(38)35-12-10-18(11-13-35)17-2-6-21(7-3-17)32-27(37)24-15-31-25-9-5-20(30)16-36(24)25/h2-9,14-16,18H,10-13H2,1H3,(H,32,37). The molecule has 1 fully saturated rings. The Balaban J connectivity index is 1.08. The summed E-state index contributed by atoms with van der Waals surface area (Å²) in [7, 11) is 1.87. The summed E-state index contributed by atoms with van der Waals surface area (Å²) in [5.74, 6) is -0.433. The third-order valence-corrected chi connectivity index (χ3v) is 7.76. The summed E-state index contributed by atoms with van der Waals surface area (Å²) in [6.07, 6.45) is 4.41. The Morgan fingerprint density at radius 3 is 2.58 bits per heavy atom. The highest BCUT2D eigenvalue weighted by atomic mass is 79.9. The number of aromatic nitrogens is 4. The molecule has 0 unspecified atom stereocenters. The highest BCUT2D eigenvalue weighted by Crippen LogP contribution is 2.30. The van der Waals surface area contributed by atoms with E-state index >= 15 is 0 Å². The largest absolute Gasteiger partial charge is 0.339 e. The number of fused-ring (bicyclic) bond motifs is 2. The first-order chi connectivity index (χ1) is 18.4. The normalized spacial score (nSPS) is 14.3. The van der Waals surface area contributed by atoms with E-state index in [1.54, 1.807) is 4.68 Å². The van der Waals surface area contributed by atoms with Crippen LogP contribution >= 0.6 is 15.9 Å². The van der Waals surface area contributed by atoms with E-state index in [0.29, 0.717) is 35.9 Å². The zero-order valence-electron chi connectivity index (χ0n) is 20.6. The van der Waals surface area contributed by atoms with Gasteiger partial charge in [-0.2, -0.15) is 5.10 Å². The Hall–Kier alpha value is -4.05. The van der Waals surface area contributed by atoms with Gasteiger partial charge in [-0.3, -0.25) is 18.7 Å². The molecular weight excluding hydrogens is 551 g/mol. The van der Waals surface area contributed by atoms with E-state index < -0.39 is 5.82 Å². The second kappa shape index (κ2) is 9.68. The van der Waals surface area contributed by atoms with Crippen molar-refractivity contribution in [1.29, 1.82) is 0 Å². The Morgan fingerprint density at radius 2 is 1.82 bits per heavy atom. The molecule has 5 aromatic rings. The average molecular weight is 575 g/mol. The molecule has 1 N–H and O–H groups in total. The van der Waals surface area contributed by atoms with Crippen LogP contribution in [0.5, 0.6) is 0 Å². The molecule has 192 valence electrons. The summed E-state index contributed by atoms with van der Waals surface area (Å²) in [5, 5.41) is 8.21. The molecule has 0 atom stereocenters. The highest BCUT2D eigenvalue weighted by Gasteiger charge is 2.25. The van der Waals surface area contributed by atoms with Crippen molar-refractivity contribution in [2.45, 2.75) is 18.8 Å². The minimum Gasteiger partial charge on any atom is -0.339 e. The second-order valence-corrected chi connectivity index (χ2v) is 10.3. The molecule has 6 rings (SSSR count). The van der Waals surface area contributed by atoms with Gasteiger partial charge in [0.05, 0.1) is 11.7 Å². The summed E-state index contributed by atoms with van der Waals surface area (Å²) < 4.78 is 17.6. The van der Waals surface area contributed by atoms with Gasteiger partial charge in [-0.15, -0.1) is 0 Å². The molecule has 1 saturated heterocycles. The number of hydrogen-bond donors (Lipinski definition) is 1. The Labute approximate surface area is 226 Å². The van der Waals surface area contributed by atoms with Gasteiger partial charge in [0.2, 0.25) is 0 Å². The van der Waals surface area contributed by atoms with E-state index in [0.717, 1.165) is 28.3 Å². The first-order valence-electron chi connectivity index (χ1n) is 12.3. The first-order valence-corrected chi connectivity index (χ1v) is 13.1. The number of aryl methyl sites for hydroxylation is 1. The summed E-state index contributed by atoms with van der Waals surface area (Å²) in [5.41, 5.74) is 4.17. The van der Waals surface area contributed by atoms with Crippen molar-refractivity contribution in [2.75, 3.05) is 18.4 Å². The number of amides is 2. The average Bonchev–Trinajstić information content (AvgIpc) is 3.48. The van der Waals surface area contributed by atoms with Crippen LogP contribution in [0.1, 0.15) is 45.2 Å². The topological polar surface area (TPSA) is 84.5 Å². The molecule has 10 heteroatoms. The molecule has 0 radical (unpaired) electrons. The number of halogens is 2. The first kappa shape index (κ1) is 24.3. The molecule has 1 aliphatic rings. The molecule has 0 spiro atoms. The lowest BCUT2D eigenvalue weighted by molar-refractivity contribution is 0.0713. The van der Waals surface area contributed by atoms with E-state index in [1.165, 1.54) is 34.5 Å². The maximum atomic E-state index is 13.6. The van der Waals surface area contributed by atoms with Gasteiger partial charge in [-0.25, -0.2) is 9.37 Å². The molecule has 4 heterocycles. The van der Waals surface area contributed by atoms with E-state index in [9.17, 15) is 14.0 Å². The van der Waals surface area contributed by atoms with Crippen LogP contribution in [0.25, 0.3) is 16.6 Å². The minimum atomic E-state index is -0.440. The van der Waals surface area contributed by atoms with E-state index in [-0.39, 0.29) is 17.5 Å². The maximum Gasteiger partial charge on any atom is 0.274 e. The van der Waals surface area contributed by atoms with E-state index in [2.05, 4.69) is 31.3 Å². The number of likely N-dealkylation sites (tertiary alicyclic amines) is 1. The predicted molar refractivity (Wildman–Crippen MR) is 146 cm³/mol. The van der Waals surface area contributed by atoms with Gasteiger partial charge in [0.15, 0.2) is 0 Å². The van der Waals surface area contributed by atoms with Crippen LogP contribution in [0.3, 0.4) is 0 Å². The van der Waals surface area contributed by atoms with Gasteiger partial charge in [0.1, 0.15) is 21.8 Å². The molecule has 1 aliphatic heterocycles. The third-order valence-electron chi connectivity index (χ3n) is 7.18. The fourth-order valence-corrected chi connectivity index (χ4v) is 5.67. The second-order valence-electron chi connectivity index (χ2n) is 9.51. The van der Waals surface area contributed by atoms with Crippen molar-refractivity contribution < 1.29 is 14.0 Å². The van der Waals surface area contributed by atoms with Crippen molar-refractivity contribution in [2.24, 2.45) is 7.05 Å². The van der Waals surface area contributed by atoms with Crippen molar-refractivity contribution in [3.8, 4) is 0 Å². The SMILES string of the molecule is Cn1nc(Br)c2ccc(C(=O)N3CCC(c4ccc(NC(=O)c5cnc6ccc(F)cn56)cc4)CC3)cc21. The highest BCUT2D eigenvalue weighted by molar-refractivity contribution is 9.10. The van der Waals surface area contributed by atoms with Gasteiger partial charge in [0, 0.05) is 43.0 Å². The number of carbonyl (C=O) groups excluding carboxylic acids is 2. The Bertz CT molecular complexity index is 1690. The minimum absolute atomic E-state index is 0.0352. The number of imidazole rings is 1. The number of rotatable bonds is 4. The molecule has 38 heavy (non-hydrogen) atoms. The predicted octanol–water partition coefficient (Wildman–Crippen LogP) is 5.39. The molecule has 0 aliphatic carbocycles. The lowest BCUT2D eigenvalue weighted by atomic mass is 9.89. The van der Waals surface area contributed by atoms with Crippen molar-refractivity contribution in [1.82, 2.24) is 24.1 Å². The van der Waals surface area contributed by atoms with Crippen LogP contribution in [-0.2, 0) is 7.05 Å². The number of benzene rings is 2. The van der Waals surface area contributed by atoms with Gasteiger partial charge in [0.25, 0.3) is 11.8 Å². The fourth-order valence-electron chi connectivity index (χ4n) is 5.10. The van der Waals surface area contributed by atoms with Crippen LogP contribution in [0.15, 0.2) is 71.6 Å². The van der Waals surface area contributed by atoms with Gasteiger partial charge in [-0.05, 0) is 82.7 Å². The van der Waals surface area contributed by atoms with Gasteiger partial charge < -0.3 is 10.2 Å². The Kier molecular flexibility index (Phi) is 6.19. The summed E-state index contributed by atoms with van der Waals surface area (Å²) in [6.45, 7) is 1.36. The van der Waals surface area contributed by atoms with Crippen LogP contribution in [0, 0.1) is 5.82 Å². The van der Waals surface area contributed by atoms with E-state index in [4.69, 9.17) is 0 Å². The van der Waals surface area contributed by atoms with Crippen LogP contribution in [0.2, 0.25) is 0 Å². The molecule has 3 aromatic heterocycles. The molecule has 0 bridgehead atoms. The van der Waals surface area contributed by atoms with Gasteiger partial charge >= 0.3 is 0 Å². The lowest BCUT2D eigenvalue weighted by Crippen LogP contribution is -2.37. The summed E-state index contributed by atoms with van der Waals surface area (Å²) in [6, 6.07) is 16.3. The fraction of sp³-hybridized carbons (Fsp3) is 0.214. The number of hydrogen-bond acceptors (Lipinski definition) is 4. The number of piperidine rings is 1. The smallest absolute Gasteiger partial charge is 0.274 e. The molecular formula is C28H24BrFN6O2. The molecule has 2 amide bonds. The lowest BCUT2D eigenvalue weighted by Gasteiger charge is -2.32. The maximum absolute atomic E-state index is 13.6. The monoisotopic (exact) mass is 574 g/mol. The van der Waals surface area contributed by atoms with Crippen LogP contribution < -0.4 is 5.32 Å². The van der Waals surface area contributed by atoms with Crippen LogP contribution in [-0.4, -0.2) is 49.0 Å². The number of nitrogens with one attached hydrogen (secondary N) is 1. The van der Waals surface area contributed by atoms with Crippen molar-refractivity contribution in [3.63, 3.8) is 0 Å². The summed E-state index contributed by atoms with van der Waals surface area (Å²) in [4.78, 5) is 32.0. The zero-order valence-corrected chi connectivity index (χ0v) is 22.2. The molecule has 8 nitrogen and oxygen atoms in total. The third kappa shape index (κ3) is 4.45. The zero-order chi connectivity index (χ0) is 26.4. The Morgan fingerprint density at radius 1 is 1.05 bits per heavy atom. The van der Waals surface area contributed by atoms with E-state index in [1.807, 2.05) is 54.4 Å². The number of carbonyl (C=O) groups is 2. The van der Waals surface area contributed by atoms with Gasteiger partial charge in [-0.1, -0.05) is 12.1 Å². The number of anilines is 1. The molecule has 0 saturated carbocycles. The van der Waals surface area contributed by atoms with Crippen LogP contribution in [0.4, 0.5) is 10.1 Å². The molecule has 2 aromatic carbocycles. The van der Waals surface area contributed by atoms with Crippen molar-refractivity contribution in [3.05, 3.63) is 94.2 Å².